The quantitative estimate of drug-likeness (QED) is 0.0352. The summed E-state index contributed by atoms with van der Waals surface area (Å²) < 4.78 is 0. The number of benzene rings is 1. The molecule has 0 bridgehead atoms. The van der Waals surface area contributed by atoms with Crippen molar-refractivity contribution in [3.8, 4) is 0 Å². The number of carbonyl (C=O) groups excluding carboxylic acids is 9. The fourth-order valence-electron chi connectivity index (χ4n) is 7.39. The molecule has 0 aliphatic carbocycles. The number of aliphatic hydroxyl groups excluding tert-OH is 4. The van der Waals surface area contributed by atoms with Crippen LogP contribution in [0.15, 0.2) is 30.5 Å². The molecule has 70 heavy (non-hydrogen) atoms. The molecule has 0 saturated carbocycles. The van der Waals surface area contributed by atoms with E-state index in [4.69, 9.17) is 16.6 Å². The van der Waals surface area contributed by atoms with Crippen LogP contribution in [0.3, 0.4) is 0 Å². The Labute approximate surface area is 402 Å². The van der Waals surface area contributed by atoms with Gasteiger partial charge in [0.05, 0.1) is 38.5 Å². The Morgan fingerprint density at radius 1 is 0.714 bits per heavy atom. The number of aromatic amines is 1. The fourth-order valence-corrected chi connectivity index (χ4v) is 7.39. The summed E-state index contributed by atoms with van der Waals surface area (Å²) in [5.41, 5.74) is 12.3. The highest BCUT2D eigenvalue weighted by atomic mass is 16.4. The number of amides is 9. The number of carbonyl (C=O) groups is 10. The second-order valence-corrected chi connectivity index (χ2v) is 16.7. The second-order valence-electron chi connectivity index (χ2n) is 16.7. The van der Waals surface area contributed by atoms with E-state index in [0.717, 1.165) is 0 Å². The molecule has 1 fully saturated rings. The maximum atomic E-state index is 14.4. The zero-order chi connectivity index (χ0) is 52.2. The Balaban J connectivity index is 1.83. The van der Waals surface area contributed by atoms with E-state index < -0.39 is 146 Å². The first-order chi connectivity index (χ1) is 33.2. The monoisotopic (exact) mass is 990 g/mol. The number of unbranched alkanes of at least 4 members (excludes halogenated alkanes) is 1. The standard InChI is InChI=1S/C43H66N12O15/c1-21(48-40(66)34(22(2)58)53-32(60)16-45)36(62)54-35(23(3)59)41(67)51-28(15-24-17-46-26-10-5-4-9-25(24)26)37(63)50-27(11-6-7-13-44)42(68)55-14-8-12-31(55)39(65)47-18-33(61)49-29(19-56)38(64)52-30(20-57)43(69)70/h4-5,9-10,17,21-23,27-31,34-35,46,56-59H,6-8,11-16,18-20,44-45H2,1-3H3,(H,47,65)(H,48,66)(H,49,61)(H,50,63)(H,51,67)(H,52,64)(H,53,60)(H,54,62)(H,69,70)/t21-,22+,23+,27-,28-,29-,30-,31-,34-,35-/m0/s1. The minimum absolute atomic E-state index is 0.0359. The van der Waals surface area contributed by atoms with Gasteiger partial charge in [-0.2, -0.15) is 0 Å². The number of aromatic nitrogens is 1. The number of hydrogen-bond acceptors (Lipinski definition) is 16. The third-order valence-electron chi connectivity index (χ3n) is 11.3. The van der Waals surface area contributed by atoms with Crippen LogP contribution in [-0.2, 0) is 54.4 Å². The molecule has 1 aliphatic rings. The van der Waals surface area contributed by atoms with Crippen LogP contribution in [0.2, 0.25) is 0 Å². The topological polar surface area (TPSA) is 439 Å². The van der Waals surface area contributed by atoms with E-state index >= 15 is 0 Å². The van der Waals surface area contributed by atoms with E-state index in [1.165, 1.54) is 25.7 Å². The Hall–Kier alpha value is -6.78. The van der Waals surface area contributed by atoms with Crippen molar-refractivity contribution in [2.24, 2.45) is 11.5 Å². The highest BCUT2D eigenvalue weighted by Crippen LogP contribution is 2.22. The number of hydrogen-bond donors (Lipinski definition) is 16. The third kappa shape index (κ3) is 16.7. The molecule has 0 radical (unpaired) electrons. The van der Waals surface area contributed by atoms with Crippen LogP contribution in [0.25, 0.3) is 10.9 Å². The van der Waals surface area contributed by atoms with E-state index in [1.807, 2.05) is 5.32 Å². The molecular formula is C43H66N12O15. The van der Waals surface area contributed by atoms with Gasteiger partial charge in [-0.1, -0.05) is 18.2 Å². The van der Waals surface area contributed by atoms with Crippen molar-refractivity contribution in [3.05, 3.63) is 36.0 Å². The summed E-state index contributed by atoms with van der Waals surface area (Å²) in [6.07, 6.45) is -0.212. The molecular weight excluding hydrogens is 925 g/mol. The summed E-state index contributed by atoms with van der Waals surface area (Å²) >= 11 is 0. The smallest absolute Gasteiger partial charge is 0.328 e. The number of likely N-dealkylation sites (tertiary alicyclic amines) is 1. The molecule has 0 spiro atoms. The van der Waals surface area contributed by atoms with Crippen LogP contribution in [0, 0.1) is 0 Å². The lowest BCUT2D eigenvalue weighted by Crippen LogP contribution is -2.62. The summed E-state index contributed by atoms with van der Waals surface area (Å²) in [7, 11) is 0. The molecule has 1 aromatic carbocycles. The molecule has 2 heterocycles. The lowest BCUT2D eigenvalue weighted by molar-refractivity contribution is -0.143. The molecule has 9 amide bonds. The van der Waals surface area contributed by atoms with E-state index in [2.05, 4.69) is 42.2 Å². The van der Waals surface area contributed by atoms with Crippen LogP contribution in [0.4, 0.5) is 0 Å². The van der Waals surface area contributed by atoms with Crippen molar-refractivity contribution in [2.75, 3.05) is 39.4 Å². The Morgan fingerprint density at radius 3 is 1.93 bits per heavy atom. The Kier molecular flexibility index (Phi) is 23.0. The summed E-state index contributed by atoms with van der Waals surface area (Å²) in [6, 6.07) is -4.74. The van der Waals surface area contributed by atoms with Crippen LogP contribution >= 0.6 is 0 Å². The number of aliphatic carboxylic acids is 1. The summed E-state index contributed by atoms with van der Waals surface area (Å²) in [6.45, 7) is 0.837. The van der Waals surface area contributed by atoms with Gasteiger partial charge in [0.15, 0.2) is 0 Å². The molecule has 2 aromatic rings. The molecule has 1 aliphatic heterocycles. The molecule has 388 valence electrons. The molecule has 3 rings (SSSR count). The summed E-state index contributed by atoms with van der Waals surface area (Å²) in [4.78, 5) is 135. The number of aliphatic hydroxyl groups is 4. The average molecular weight is 991 g/mol. The number of nitrogens with one attached hydrogen (secondary N) is 9. The van der Waals surface area contributed by atoms with E-state index in [9.17, 15) is 68.4 Å². The number of para-hydroxylation sites is 1. The van der Waals surface area contributed by atoms with Gasteiger partial charge in [-0.15, -0.1) is 0 Å². The number of H-pyrrole nitrogens is 1. The summed E-state index contributed by atoms with van der Waals surface area (Å²) in [5.74, 6) is -9.67. The predicted octanol–water partition coefficient (Wildman–Crippen LogP) is -6.85. The normalized spacial score (nSPS) is 17.2. The van der Waals surface area contributed by atoms with Crippen LogP contribution in [-0.4, -0.2) is 194 Å². The maximum absolute atomic E-state index is 14.4. The lowest BCUT2D eigenvalue weighted by atomic mass is 10.0. The lowest BCUT2D eigenvalue weighted by Gasteiger charge is -2.30. The molecule has 27 heteroatoms. The molecule has 27 nitrogen and oxygen atoms in total. The Bertz CT molecular complexity index is 2170. The number of nitrogens with two attached hydrogens (primary N) is 2. The first-order valence-corrected chi connectivity index (χ1v) is 22.6. The van der Waals surface area contributed by atoms with Gasteiger partial charge in [0.25, 0.3) is 0 Å². The van der Waals surface area contributed by atoms with Gasteiger partial charge in [0.1, 0.15) is 48.3 Å². The van der Waals surface area contributed by atoms with Crippen molar-refractivity contribution < 1.29 is 73.5 Å². The fraction of sp³-hybridized carbons (Fsp3) is 0.581. The maximum Gasteiger partial charge on any atom is 0.328 e. The van der Waals surface area contributed by atoms with E-state index in [-0.39, 0.29) is 32.4 Å². The third-order valence-corrected chi connectivity index (χ3v) is 11.3. The Morgan fingerprint density at radius 2 is 1.31 bits per heavy atom. The minimum atomic E-state index is -1.72. The minimum Gasteiger partial charge on any atom is -0.480 e. The van der Waals surface area contributed by atoms with E-state index in [1.54, 1.807) is 30.5 Å². The summed E-state index contributed by atoms with van der Waals surface area (Å²) in [5, 5.41) is 68.1. The highest BCUT2D eigenvalue weighted by molar-refractivity contribution is 5.98. The molecule has 1 aromatic heterocycles. The van der Waals surface area contributed by atoms with Crippen LogP contribution in [0.5, 0.6) is 0 Å². The van der Waals surface area contributed by atoms with E-state index in [0.29, 0.717) is 35.7 Å². The van der Waals surface area contributed by atoms with Crippen molar-refractivity contribution in [1.29, 1.82) is 0 Å². The molecule has 10 atom stereocenters. The van der Waals surface area contributed by atoms with Gasteiger partial charge >= 0.3 is 5.97 Å². The zero-order valence-electron chi connectivity index (χ0n) is 39.1. The van der Waals surface area contributed by atoms with Gasteiger partial charge in [-0.3, -0.25) is 43.2 Å². The second kappa shape index (κ2) is 28.0. The van der Waals surface area contributed by atoms with Gasteiger partial charge in [-0.05, 0) is 71.0 Å². The van der Waals surface area contributed by atoms with Crippen molar-refractivity contribution in [2.45, 2.75) is 120 Å². The number of carboxylic acids is 1. The van der Waals surface area contributed by atoms with Crippen molar-refractivity contribution in [3.63, 3.8) is 0 Å². The van der Waals surface area contributed by atoms with Gasteiger partial charge in [-0.25, -0.2) is 4.79 Å². The first-order valence-electron chi connectivity index (χ1n) is 22.6. The average Bonchev–Trinajstić information content (AvgIpc) is 3.99. The zero-order valence-corrected chi connectivity index (χ0v) is 39.1. The van der Waals surface area contributed by atoms with Crippen LogP contribution in [0.1, 0.15) is 58.4 Å². The largest absolute Gasteiger partial charge is 0.480 e. The molecule has 0 unspecified atom stereocenters. The first kappa shape index (κ1) is 57.5. The number of rotatable bonds is 28. The number of carboxylic acid groups (broad SMARTS) is 1. The van der Waals surface area contributed by atoms with Crippen LogP contribution < -0.4 is 54.0 Å². The van der Waals surface area contributed by atoms with Gasteiger partial charge in [0.2, 0.25) is 53.2 Å². The van der Waals surface area contributed by atoms with Gasteiger partial charge in [0, 0.05) is 30.1 Å². The SMILES string of the molecule is C[C@H](NC(=O)[C@@H](NC(=O)CN)[C@@H](C)O)C(=O)N[C@H](C(=O)N[C@@H](Cc1c[nH]c2ccccc12)C(=O)N[C@@H](CCCCN)C(=O)N1CCC[C@H]1C(=O)NCC(=O)N[C@@H](CO)C(=O)N[C@@H](CO)C(=O)O)[C@@H](C)O. The van der Waals surface area contributed by atoms with Crippen molar-refractivity contribution in [1.82, 2.24) is 52.4 Å². The molecule has 18 N–H and O–H groups in total. The highest BCUT2D eigenvalue weighted by Gasteiger charge is 2.40. The number of nitrogens with zero attached hydrogens (tertiary/aromatic N) is 1. The van der Waals surface area contributed by atoms with Gasteiger partial charge < -0.3 is 89.4 Å². The molecule has 1 saturated heterocycles. The number of fused-ring (bicyclic) bond motifs is 1. The van der Waals surface area contributed by atoms with Crippen molar-refractivity contribution >= 4 is 70.0 Å². The predicted molar refractivity (Wildman–Crippen MR) is 246 cm³/mol.